The zero-order valence-electron chi connectivity index (χ0n) is 13.6. The third-order valence-electron chi connectivity index (χ3n) is 4.02. The van der Waals surface area contributed by atoms with Crippen LogP contribution in [0.25, 0.3) is 0 Å². The second-order valence-corrected chi connectivity index (χ2v) is 6.90. The fourth-order valence-electron chi connectivity index (χ4n) is 2.72. The average molecular weight is 347 g/mol. The Kier molecular flexibility index (Phi) is 5.24. The molecule has 2 heterocycles. The lowest BCUT2D eigenvalue weighted by atomic mass is 10.1. The maximum absolute atomic E-state index is 12.3. The van der Waals surface area contributed by atoms with Crippen LogP contribution in [0.2, 0.25) is 0 Å². The van der Waals surface area contributed by atoms with Crippen molar-refractivity contribution < 1.29 is 9.32 Å². The van der Waals surface area contributed by atoms with Gasteiger partial charge in [0, 0.05) is 12.5 Å². The summed E-state index contributed by atoms with van der Waals surface area (Å²) in [7, 11) is 0. The molecule has 0 radical (unpaired) electrons. The van der Waals surface area contributed by atoms with Crippen molar-refractivity contribution in [1.82, 2.24) is 20.4 Å². The largest absolute Gasteiger partial charge is 0.358 e. The number of thiazole rings is 1. The first kappa shape index (κ1) is 16.6. The molecule has 0 spiro atoms. The van der Waals surface area contributed by atoms with Crippen LogP contribution in [0.5, 0.6) is 0 Å². The summed E-state index contributed by atoms with van der Waals surface area (Å²) in [5, 5.41) is 10.7. The smallest absolute Gasteiger partial charge is 0.263 e. The Morgan fingerprint density at radius 2 is 2.33 bits per heavy atom. The van der Waals surface area contributed by atoms with Gasteiger partial charge in [0.25, 0.3) is 5.91 Å². The molecule has 1 aliphatic carbocycles. The van der Waals surface area contributed by atoms with Gasteiger partial charge in [0.2, 0.25) is 5.89 Å². The van der Waals surface area contributed by atoms with Crippen LogP contribution in [-0.4, -0.2) is 27.6 Å². The van der Waals surface area contributed by atoms with Gasteiger partial charge in [-0.05, 0) is 19.8 Å². The van der Waals surface area contributed by atoms with Gasteiger partial charge in [0.1, 0.15) is 10.9 Å². The van der Waals surface area contributed by atoms with E-state index in [1.165, 1.54) is 24.2 Å². The molecule has 0 aliphatic heterocycles. The highest BCUT2D eigenvalue weighted by Crippen LogP contribution is 2.32. The molecule has 1 fully saturated rings. The molecule has 0 unspecified atom stereocenters. The fourth-order valence-corrected chi connectivity index (χ4v) is 3.45. The molecule has 0 aromatic carbocycles. The van der Waals surface area contributed by atoms with E-state index in [4.69, 9.17) is 4.52 Å². The summed E-state index contributed by atoms with van der Waals surface area (Å²) in [5.41, 5.74) is 0. The number of nitrogens with one attached hydrogen (secondary N) is 2. The van der Waals surface area contributed by atoms with Crippen molar-refractivity contribution in [3.8, 4) is 0 Å². The van der Waals surface area contributed by atoms with E-state index in [0.717, 1.165) is 18.7 Å². The summed E-state index contributed by atoms with van der Waals surface area (Å²) < 4.78 is 5.32. The van der Waals surface area contributed by atoms with Crippen molar-refractivity contribution in [2.24, 2.45) is 0 Å². The maximum Gasteiger partial charge on any atom is 0.263 e. The van der Waals surface area contributed by atoms with Gasteiger partial charge in [-0.25, -0.2) is 4.98 Å². The molecule has 0 bridgehead atoms. The number of rotatable bonds is 7. The van der Waals surface area contributed by atoms with Crippen LogP contribution in [0.1, 0.15) is 66.0 Å². The minimum Gasteiger partial charge on any atom is -0.358 e. The molecule has 8 heteroatoms. The summed E-state index contributed by atoms with van der Waals surface area (Å²) in [4.78, 5) is 21.4. The quantitative estimate of drug-likeness (QED) is 0.747. The van der Waals surface area contributed by atoms with E-state index in [-0.39, 0.29) is 11.9 Å². The molecule has 7 nitrogen and oxygen atoms in total. The van der Waals surface area contributed by atoms with Gasteiger partial charge in [0.05, 0.1) is 6.20 Å². The predicted octanol–water partition coefficient (Wildman–Crippen LogP) is 3.27. The summed E-state index contributed by atoms with van der Waals surface area (Å²) in [6, 6.07) is -0.341. The summed E-state index contributed by atoms with van der Waals surface area (Å²) >= 11 is 1.30. The van der Waals surface area contributed by atoms with Crippen molar-refractivity contribution >= 4 is 22.4 Å². The van der Waals surface area contributed by atoms with Gasteiger partial charge in [0.15, 0.2) is 11.0 Å². The lowest BCUT2D eigenvalue weighted by molar-refractivity contribution is 0.0936. The summed E-state index contributed by atoms with van der Waals surface area (Å²) in [5.74, 6) is 1.40. The highest BCUT2D eigenvalue weighted by Gasteiger charge is 2.24. The standard InChI is InChI=1S/C16H21N5O2S/c1-3-8-17-16-18-9-12(24-16)14(22)19-10(2)15-20-13(21-23-15)11-6-4-5-7-11/h3,9-11H,1,4-8H2,2H3,(H,17,18)(H,19,22)/t10-/m1/s1. The van der Waals surface area contributed by atoms with Crippen LogP contribution in [0.15, 0.2) is 23.4 Å². The number of carbonyl (C=O) groups excluding carboxylic acids is 1. The SMILES string of the molecule is C=CCNc1ncc(C(=O)N[C@H](C)c2nc(C3CCCC3)no2)s1. The van der Waals surface area contributed by atoms with E-state index < -0.39 is 0 Å². The van der Waals surface area contributed by atoms with Crippen molar-refractivity contribution in [3.63, 3.8) is 0 Å². The van der Waals surface area contributed by atoms with Gasteiger partial charge in [-0.2, -0.15) is 4.98 Å². The topological polar surface area (TPSA) is 92.9 Å². The van der Waals surface area contributed by atoms with Crippen molar-refractivity contribution in [1.29, 1.82) is 0 Å². The minimum absolute atomic E-state index is 0.202. The number of nitrogens with zero attached hydrogens (tertiary/aromatic N) is 3. The Hall–Kier alpha value is -2.22. The third kappa shape index (κ3) is 3.81. The molecule has 1 saturated carbocycles. The zero-order chi connectivity index (χ0) is 16.9. The second kappa shape index (κ2) is 7.57. The first-order chi connectivity index (χ1) is 11.7. The van der Waals surface area contributed by atoms with Crippen molar-refractivity contribution in [2.45, 2.75) is 44.6 Å². The van der Waals surface area contributed by atoms with Crippen LogP contribution in [0, 0.1) is 0 Å². The van der Waals surface area contributed by atoms with E-state index in [2.05, 4.69) is 32.3 Å². The van der Waals surface area contributed by atoms with Gasteiger partial charge in [-0.15, -0.1) is 6.58 Å². The lowest BCUT2D eigenvalue weighted by Crippen LogP contribution is -2.26. The molecule has 3 rings (SSSR count). The first-order valence-electron chi connectivity index (χ1n) is 8.12. The first-order valence-corrected chi connectivity index (χ1v) is 8.94. The maximum atomic E-state index is 12.3. The molecule has 1 amide bonds. The van der Waals surface area contributed by atoms with E-state index in [1.807, 2.05) is 6.92 Å². The zero-order valence-corrected chi connectivity index (χ0v) is 14.4. The molecule has 2 aromatic heterocycles. The Bertz CT molecular complexity index is 705. The van der Waals surface area contributed by atoms with Gasteiger partial charge >= 0.3 is 0 Å². The van der Waals surface area contributed by atoms with Crippen LogP contribution in [-0.2, 0) is 0 Å². The van der Waals surface area contributed by atoms with Crippen molar-refractivity contribution in [3.05, 3.63) is 35.4 Å². The number of carbonyl (C=O) groups is 1. The third-order valence-corrected chi connectivity index (χ3v) is 4.98. The second-order valence-electron chi connectivity index (χ2n) is 5.87. The molecule has 1 aliphatic rings. The monoisotopic (exact) mass is 347 g/mol. The predicted molar refractivity (Wildman–Crippen MR) is 92.2 cm³/mol. The molecule has 24 heavy (non-hydrogen) atoms. The molecule has 1 atom stereocenters. The fraction of sp³-hybridized carbons (Fsp3) is 0.500. The van der Waals surface area contributed by atoms with Crippen LogP contribution in [0.4, 0.5) is 5.13 Å². The Labute approximate surface area is 144 Å². The molecule has 2 N–H and O–H groups in total. The Morgan fingerprint density at radius 3 is 3.08 bits per heavy atom. The average Bonchev–Trinajstić information content (AvgIpc) is 3.33. The molecular formula is C16H21N5O2S. The summed E-state index contributed by atoms with van der Waals surface area (Å²) in [6.07, 6.45) is 7.95. The van der Waals surface area contributed by atoms with Crippen molar-refractivity contribution in [2.75, 3.05) is 11.9 Å². The Morgan fingerprint density at radius 1 is 1.54 bits per heavy atom. The van der Waals surface area contributed by atoms with E-state index in [1.54, 1.807) is 12.3 Å². The highest BCUT2D eigenvalue weighted by molar-refractivity contribution is 7.17. The van der Waals surface area contributed by atoms with Gasteiger partial charge < -0.3 is 15.2 Å². The van der Waals surface area contributed by atoms with E-state index in [9.17, 15) is 4.79 Å². The number of hydrogen-bond donors (Lipinski definition) is 2. The van der Waals surface area contributed by atoms with E-state index in [0.29, 0.717) is 28.4 Å². The number of hydrogen-bond acceptors (Lipinski definition) is 7. The number of amides is 1. The highest BCUT2D eigenvalue weighted by atomic mass is 32.1. The number of aromatic nitrogens is 3. The molecule has 128 valence electrons. The molecular weight excluding hydrogens is 326 g/mol. The summed E-state index contributed by atoms with van der Waals surface area (Å²) in [6.45, 7) is 6.08. The van der Waals surface area contributed by atoms with E-state index >= 15 is 0 Å². The lowest BCUT2D eigenvalue weighted by Gasteiger charge is -2.08. The Balaban J connectivity index is 1.59. The minimum atomic E-state index is -0.341. The van der Waals surface area contributed by atoms with Gasteiger partial charge in [-0.3, -0.25) is 4.79 Å². The normalized spacial score (nSPS) is 16.0. The van der Waals surface area contributed by atoms with Crippen LogP contribution in [0.3, 0.4) is 0 Å². The molecule has 0 saturated heterocycles. The number of anilines is 1. The van der Waals surface area contributed by atoms with Gasteiger partial charge in [-0.1, -0.05) is 35.4 Å². The van der Waals surface area contributed by atoms with Crippen LogP contribution < -0.4 is 10.6 Å². The van der Waals surface area contributed by atoms with Crippen LogP contribution >= 0.6 is 11.3 Å². The molecule has 2 aromatic rings.